The minimum Gasteiger partial charge on any atom is -0.474 e. The zero-order chi connectivity index (χ0) is 12.5. The van der Waals surface area contributed by atoms with Crippen LogP contribution in [0.1, 0.15) is 25.0 Å². The fourth-order valence-electron chi connectivity index (χ4n) is 1.93. The summed E-state index contributed by atoms with van der Waals surface area (Å²) in [6.45, 7) is 0. The van der Waals surface area contributed by atoms with Crippen LogP contribution in [0.25, 0.3) is 10.8 Å². The zero-order valence-corrected chi connectivity index (χ0v) is 9.76. The Bertz CT molecular complexity index is 643. The van der Waals surface area contributed by atoms with E-state index in [4.69, 9.17) is 15.7 Å². The molecule has 0 radical (unpaired) electrons. The van der Waals surface area contributed by atoms with Crippen LogP contribution in [0.3, 0.4) is 0 Å². The number of nitrogens with two attached hydrogens (primary N) is 1. The molecule has 2 aromatic heterocycles. The number of nitrogens with zero attached hydrogens (tertiary/aromatic N) is 3. The van der Waals surface area contributed by atoms with Crippen LogP contribution in [0, 0.1) is 11.3 Å². The van der Waals surface area contributed by atoms with E-state index in [2.05, 4.69) is 9.97 Å². The Hall–Kier alpha value is -2.35. The Morgan fingerprint density at radius 2 is 2.22 bits per heavy atom. The smallest absolute Gasteiger partial charge is 0.223 e. The van der Waals surface area contributed by atoms with Crippen LogP contribution >= 0.6 is 0 Å². The summed E-state index contributed by atoms with van der Waals surface area (Å²) >= 11 is 0. The van der Waals surface area contributed by atoms with Gasteiger partial charge in [-0.3, -0.25) is 0 Å². The molecule has 18 heavy (non-hydrogen) atoms. The van der Waals surface area contributed by atoms with Crippen LogP contribution in [0.2, 0.25) is 0 Å². The monoisotopic (exact) mass is 240 g/mol. The maximum absolute atomic E-state index is 8.97. The predicted octanol–water partition coefficient (Wildman–Crippen LogP) is 2.01. The van der Waals surface area contributed by atoms with E-state index >= 15 is 0 Å². The summed E-state index contributed by atoms with van der Waals surface area (Å²) < 4.78 is 5.82. The number of hydrogen-bond donors (Lipinski definition) is 1. The van der Waals surface area contributed by atoms with Crippen molar-refractivity contribution in [3.63, 3.8) is 0 Å². The number of nitriles is 1. The lowest BCUT2D eigenvalue weighted by molar-refractivity contribution is 0.116. The van der Waals surface area contributed by atoms with Gasteiger partial charge in [-0.15, -0.1) is 0 Å². The Balaban J connectivity index is 2.12. The molecule has 0 bridgehead atoms. The van der Waals surface area contributed by atoms with E-state index in [-0.39, 0.29) is 6.10 Å². The van der Waals surface area contributed by atoms with E-state index in [0.29, 0.717) is 17.4 Å². The molecule has 0 spiro atoms. The molecule has 1 aliphatic carbocycles. The molecule has 5 heteroatoms. The first kappa shape index (κ1) is 10.8. The fraction of sp³-hybridized carbons (Fsp3) is 0.308. The number of aromatic nitrogens is 2. The van der Waals surface area contributed by atoms with Crippen molar-refractivity contribution in [3.05, 3.63) is 24.0 Å². The molecule has 0 amide bonds. The summed E-state index contributed by atoms with van der Waals surface area (Å²) in [4.78, 5) is 8.24. The second kappa shape index (κ2) is 4.15. The number of ether oxygens (including phenoxy) is 1. The molecular formula is C13H12N4O. The van der Waals surface area contributed by atoms with Gasteiger partial charge in [-0.1, -0.05) is 0 Å². The first-order chi connectivity index (χ1) is 8.76. The minimum absolute atomic E-state index is 0.212. The Morgan fingerprint density at radius 3 is 2.89 bits per heavy atom. The average molecular weight is 240 g/mol. The van der Waals surface area contributed by atoms with E-state index in [0.717, 1.165) is 23.6 Å². The van der Waals surface area contributed by atoms with E-state index in [1.165, 1.54) is 6.42 Å². The fourth-order valence-corrected chi connectivity index (χ4v) is 1.93. The molecule has 0 unspecified atom stereocenters. The Morgan fingerprint density at radius 1 is 1.39 bits per heavy atom. The summed E-state index contributed by atoms with van der Waals surface area (Å²) in [5.74, 6) is 0.912. The summed E-state index contributed by atoms with van der Waals surface area (Å²) in [6.07, 6.45) is 5.12. The molecule has 90 valence electrons. The maximum Gasteiger partial charge on any atom is 0.223 e. The predicted molar refractivity (Wildman–Crippen MR) is 66.9 cm³/mol. The molecule has 0 aliphatic heterocycles. The Labute approximate surface area is 104 Å². The topological polar surface area (TPSA) is 84.8 Å². The third-order valence-electron chi connectivity index (χ3n) is 3.15. The van der Waals surface area contributed by atoms with Crippen molar-refractivity contribution in [2.24, 2.45) is 0 Å². The van der Waals surface area contributed by atoms with Gasteiger partial charge in [0.15, 0.2) is 0 Å². The van der Waals surface area contributed by atoms with Gasteiger partial charge in [-0.25, -0.2) is 9.97 Å². The summed E-state index contributed by atoms with van der Waals surface area (Å²) in [7, 11) is 0. The zero-order valence-electron chi connectivity index (χ0n) is 9.76. The molecule has 0 atom stereocenters. The molecule has 3 rings (SSSR count). The second-order valence-corrected chi connectivity index (χ2v) is 4.43. The Kier molecular flexibility index (Phi) is 2.49. The summed E-state index contributed by atoms with van der Waals surface area (Å²) in [6, 6.07) is 5.46. The van der Waals surface area contributed by atoms with Crippen LogP contribution < -0.4 is 10.5 Å². The summed E-state index contributed by atoms with van der Waals surface area (Å²) in [5, 5.41) is 10.6. The van der Waals surface area contributed by atoms with Gasteiger partial charge in [0.25, 0.3) is 0 Å². The first-order valence-corrected chi connectivity index (χ1v) is 5.89. The number of rotatable bonds is 2. The summed E-state index contributed by atoms with van der Waals surface area (Å²) in [5.41, 5.74) is 6.02. The van der Waals surface area contributed by atoms with Crippen LogP contribution in [0.4, 0.5) is 5.82 Å². The van der Waals surface area contributed by atoms with Crippen molar-refractivity contribution >= 4 is 16.6 Å². The largest absolute Gasteiger partial charge is 0.474 e. The van der Waals surface area contributed by atoms with Crippen LogP contribution in [-0.4, -0.2) is 16.1 Å². The molecule has 2 aromatic rings. The van der Waals surface area contributed by atoms with Crippen molar-refractivity contribution in [2.75, 3.05) is 5.73 Å². The highest BCUT2D eigenvalue weighted by Gasteiger charge is 2.21. The van der Waals surface area contributed by atoms with Crippen LogP contribution in [0.15, 0.2) is 18.3 Å². The van der Waals surface area contributed by atoms with Crippen LogP contribution in [-0.2, 0) is 0 Å². The normalized spacial score (nSPS) is 15.1. The SMILES string of the molecule is N#Cc1cc2cnc(N)cc2c(OC2CCC2)n1. The minimum atomic E-state index is 0.212. The van der Waals surface area contributed by atoms with Gasteiger partial charge in [0.05, 0.1) is 0 Å². The highest BCUT2D eigenvalue weighted by Crippen LogP contribution is 2.30. The van der Waals surface area contributed by atoms with E-state index in [1.54, 1.807) is 18.3 Å². The third-order valence-corrected chi connectivity index (χ3v) is 3.15. The van der Waals surface area contributed by atoms with Crippen molar-refractivity contribution in [3.8, 4) is 11.9 Å². The van der Waals surface area contributed by atoms with Crippen molar-refractivity contribution in [1.29, 1.82) is 5.26 Å². The molecule has 5 nitrogen and oxygen atoms in total. The van der Waals surface area contributed by atoms with E-state index in [9.17, 15) is 0 Å². The number of fused-ring (bicyclic) bond motifs is 1. The quantitative estimate of drug-likeness (QED) is 0.867. The highest BCUT2D eigenvalue weighted by molar-refractivity contribution is 5.88. The molecule has 0 saturated heterocycles. The maximum atomic E-state index is 8.97. The molecule has 0 aromatic carbocycles. The molecular weight excluding hydrogens is 228 g/mol. The van der Waals surface area contributed by atoms with Gasteiger partial charge in [0, 0.05) is 17.0 Å². The lowest BCUT2D eigenvalue weighted by atomic mass is 9.96. The van der Waals surface area contributed by atoms with Gasteiger partial charge in [-0.2, -0.15) is 5.26 Å². The lowest BCUT2D eigenvalue weighted by Gasteiger charge is -2.26. The number of hydrogen-bond acceptors (Lipinski definition) is 5. The molecule has 1 saturated carbocycles. The van der Waals surface area contributed by atoms with Gasteiger partial charge in [0.1, 0.15) is 23.7 Å². The molecule has 2 N–H and O–H groups in total. The van der Waals surface area contributed by atoms with Crippen molar-refractivity contribution in [1.82, 2.24) is 9.97 Å². The highest BCUT2D eigenvalue weighted by atomic mass is 16.5. The number of pyridine rings is 2. The molecule has 1 aliphatic rings. The standard InChI is InChI=1S/C13H12N4O/c14-6-9-4-8-7-16-12(15)5-11(8)13(17-9)18-10-2-1-3-10/h4-5,7,10H,1-3H2,(H2,15,16). The van der Waals surface area contributed by atoms with Gasteiger partial charge < -0.3 is 10.5 Å². The lowest BCUT2D eigenvalue weighted by Crippen LogP contribution is -2.25. The van der Waals surface area contributed by atoms with Crippen LogP contribution in [0.5, 0.6) is 5.88 Å². The second-order valence-electron chi connectivity index (χ2n) is 4.43. The van der Waals surface area contributed by atoms with Crippen molar-refractivity contribution in [2.45, 2.75) is 25.4 Å². The van der Waals surface area contributed by atoms with Gasteiger partial charge in [-0.05, 0) is 31.4 Å². The third kappa shape index (κ3) is 1.82. The van der Waals surface area contributed by atoms with E-state index in [1.807, 2.05) is 6.07 Å². The van der Waals surface area contributed by atoms with Gasteiger partial charge >= 0.3 is 0 Å². The van der Waals surface area contributed by atoms with Crippen molar-refractivity contribution < 1.29 is 4.74 Å². The number of nitrogen functional groups attached to an aromatic ring is 1. The number of anilines is 1. The van der Waals surface area contributed by atoms with Gasteiger partial charge in [0.2, 0.25) is 5.88 Å². The average Bonchev–Trinajstić information content (AvgIpc) is 2.33. The first-order valence-electron chi connectivity index (χ1n) is 5.89. The molecule has 1 fully saturated rings. The molecule has 2 heterocycles. The van der Waals surface area contributed by atoms with E-state index < -0.39 is 0 Å².